The molecule has 0 fully saturated rings. The Labute approximate surface area is 133 Å². The maximum atomic E-state index is 12.2. The van der Waals surface area contributed by atoms with Crippen molar-refractivity contribution in [3.8, 4) is 0 Å². The molecule has 4 rings (SSSR count). The van der Waals surface area contributed by atoms with Gasteiger partial charge in [-0.3, -0.25) is 14.9 Å². The van der Waals surface area contributed by atoms with Crippen LogP contribution in [0.5, 0.6) is 0 Å². The van der Waals surface area contributed by atoms with Crippen molar-refractivity contribution in [1.82, 2.24) is 30.4 Å². The maximum Gasteiger partial charge on any atom is 0.288 e. The smallest absolute Gasteiger partial charge is 0.288 e. The van der Waals surface area contributed by atoms with E-state index >= 15 is 0 Å². The normalized spacial score (nSPS) is 15.3. The molecular weight excluding hydrogens is 316 g/mol. The van der Waals surface area contributed by atoms with E-state index in [4.69, 9.17) is 0 Å². The highest BCUT2D eigenvalue weighted by molar-refractivity contribution is 5.66. The molecule has 0 aliphatic carbocycles. The average molecular weight is 326 g/mol. The number of nitro benzene ring substituents is 1. The molecule has 0 saturated carbocycles. The molecule has 0 unspecified atom stereocenters. The number of aryl methyl sites for hydroxylation is 1. The van der Waals surface area contributed by atoms with Gasteiger partial charge in [0.05, 0.1) is 16.2 Å². The number of aromatic amines is 1. The van der Waals surface area contributed by atoms with Crippen LogP contribution in [0.25, 0.3) is 0 Å². The predicted molar refractivity (Wildman–Crippen MR) is 81.0 cm³/mol. The van der Waals surface area contributed by atoms with Crippen LogP contribution >= 0.6 is 0 Å². The second-order valence-corrected chi connectivity index (χ2v) is 5.22. The van der Waals surface area contributed by atoms with Crippen molar-refractivity contribution in [1.29, 1.82) is 0 Å². The minimum Gasteiger partial charge on any atom is -0.318 e. The van der Waals surface area contributed by atoms with Crippen molar-refractivity contribution < 1.29 is 4.92 Å². The number of H-pyrrole nitrogens is 1. The zero-order chi connectivity index (χ0) is 16.8. The van der Waals surface area contributed by atoms with E-state index in [2.05, 4.69) is 31.0 Å². The first-order valence-electron chi connectivity index (χ1n) is 6.95. The number of nitrogens with one attached hydrogen (secondary N) is 2. The van der Waals surface area contributed by atoms with Gasteiger partial charge in [0, 0.05) is 11.6 Å². The number of tetrazole rings is 1. The van der Waals surface area contributed by atoms with Gasteiger partial charge in [0.2, 0.25) is 5.95 Å². The molecule has 3 heterocycles. The quantitative estimate of drug-likeness (QED) is 0.404. The highest BCUT2D eigenvalue weighted by atomic mass is 16.6. The fourth-order valence-electron chi connectivity index (χ4n) is 2.87. The molecule has 0 bridgehead atoms. The summed E-state index contributed by atoms with van der Waals surface area (Å²) in [5, 5.41) is 32.0. The van der Waals surface area contributed by atoms with Gasteiger partial charge >= 0.3 is 0 Å². The number of anilines is 2. The summed E-state index contributed by atoms with van der Waals surface area (Å²) in [5.41, 5.74) is 1.07. The zero-order valence-electron chi connectivity index (χ0n) is 12.3. The van der Waals surface area contributed by atoms with Gasteiger partial charge in [-0.15, -0.1) is 0 Å². The molecule has 24 heavy (non-hydrogen) atoms. The van der Waals surface area contributed by atoms with Crippen molar-refractivity contribution >= 4 is 17.3 Å². The monoisotopic (exact) mass is 326 g/mol. The molecule has 0 saturated heterocycles. The molecule has 0 amide bonds. The lowest BCUT2D eigenvalue weighted by Gasteiger charge is -2.26. The summed E-state index contributed by atoms with van der Waals surface area (Å²) in [7, 11) is 0. The number of aromatic nitrogens is 6. The number of hydrogen-bond acceptors (Lipinski definition) is 8. The van der Waals surface area contributed by atoms with Crippen LogP contribution in [0.1, 0.15) is 22.9 Å². The summed E-state index contributed by atoms with van der Waals surface area (Å²) in [6.07, 6.45) is 0. The predicted octanol–water partition coefficient (Wildman–Crippen LogP) is 0.668. The molecule has 1 aliphatic rings. The first-order valence-corrected chi connectivity index (χ1v) is 6.95. The third-order valence-electron chi connectivity index (χ3n) is 3.89. The van der Waals surface area contributed by atoms with Crippen molar-refractivity contribution in [3.05, 3.63) is 61.6 Å². The fraction of sp³-hybridized carbons (Fsp3) is 0.154. The molecule has 120 valence electrons. The standard InChI is InChI=1S/C13H10N8O3/c1-6-9-10(12(22)16-15-6)14-13-17-18-19-20(13)11(9)7-4-2-3-5-8(7)21(23)24/h2-5,11H,1H3,(H,16,22)(H,14,17,19)/t11-/m0/s1. The lowest BCUT2D eigenvalue weighted by Crippen LogP contribution is -2.29. The van der Waals surface area contributed by atoms with E-state index in [9.17, 15) is 14.9 Å². The largest absolute Gasteiger partial charge is 0.318 e. The molecule has 1 atom stereocenters. The number of fused-ring (bicyclic) bond motifs is 2. The van der Waals surface area contributed by atoms with Crippen molar-refractivity contribution in [2.24, 2.45) is 0 Å². The molecule has 1 aliphatic heterocycles. The minimum atomic E-state index is -0.734. The van der Waals surface area contributed by atoms with Crippen LogP contribution in [0.3, 0.4) is 0 Å². The molecule has 11 nitrogen and oxygen atoms in total. The number of nitrogens with zero attached hydrogens (tertiary/aromatic N) is 6. The van der Waals surface area contributed by atoms with Crippen LogP contribution in [0, 0.1) is 17.0 Å². The lowest BCUT2D eigenvalue weighted by molar-refractivity contribution is -0.385. The summed E-state index contributed by atoms with van der Waals surface area (Å²) in [6.45, 7) is 1.70. The van der Waals surface area contributed by atoms with E-state index in [1.54, 1.807) is 25.1 Å². The first-order chi connectivity index (χ1) is 11.6. The van der Waals surface area contributed by atoms with Crippen LogP contribution in [0.4, 0.5) is 17.3 Å². The topological polar surface area (TPSA) is 145 Å². The van der Waals surface area contributed by atoms with Crippen LogP contribution in [-0.2, 0) is 0 Å². The van der Waals surface area contributed by atoms with Gasteiger partial charge in [-0.05, 0) is 23.4 Å². The second-order valence-electron chi connectivity index (χ2n) is 5.22. The van der Waals surface area contributed by atoms with E-state index in [0.29, 0.717) is 16.8 Å². The van der Waals surface area contributed by atoms with Gasteiger partial charge in [0.1, 0.15) is 11.7 Å². The summed E-state index contributed by atoms with van der Waals surface area (Å²) in [4.78, 5) is 23.1. The maximum absolute atomic E-state index is 12.2. The molecule has 11 heteroatoms. The molecule has 2 N–H and O–H groups in total. The van der Waals surface area contributed by atoms with Gasteiger partial charge in [-0.25, -0.2) is 5.10 Å². The third-order valence-corrected chi connectivity index (χ3v) is 3.89. The number of hydrogen-bond donors (Lipinski definition) is 2. The molecule has 1 aromatic carbocycles. The van der Waals surface area contributed by atoms with E-state index < -0.39 is 16.5 Å². The summed E-state index contributed by atoms with van der Waals surface area (Å²) < 4.78 is 1.40. The van der Waals surface area contributed by atoms with E-state index in [1.165, 1.54) is 10.7 Å². The van der Waals surface area contributed by atoms with E-state index in [1.807, 2.05) is 0 Å². The molecule has 0 spiro atoms. The average Bonchev–Trinajstić information content (AvgIpc) is 3.05. The summed E-state index contributed by atoms with van der Waals surface area (Å²) in [5.74, 6) is 0.224. The minimum absolute atomic E-state index is 0.0866. The molecular formula is C13H10N8O3. The Morgan fingerprint density at radius 2 is 2.12 bits per heavy atom. The lowest BCUT2D eigenvalue weighted by atomic mass is 9.94. The van der Waals surface area contributed by atoms with Crippen molar-refractivity contribution in [3.63, 3.8) is 0 Å². The second kappa shape index (κ2) is 4.94. The number of para-hydroxylation sites is 1. The van der Waals surface area contributed by atoms with Gasteiger partial charge in [-0.1, -0.05) is 17.2 Å². The Bertz CT molecular complexity index is 1020. The van der Waals surface area contributed by atoms with Crippen molar-refractivity contribution in [2.45, 2.75) is 13.0 Å². The Hall–Kier alpha value is -3.63. The van der Waals surface area contributed by atoms with Crippen LogP contribution in [0.15, 0.2) is 29.1 Å². The number of benzene rings is 1. The van der Waals surface area contributed by atoms with Crippen LogP contribution < -0.4 is 10.9 Å². The van der Waals surface area contributed by atoms with Gasteiger partial charge < -0.3 is 5.32 Å². The number of nitro groups is 1. The van der Waals surface area contributed by atoms with Crippen LogP contribution in [0.2, 0.25) is 0 Å². The Kier molecular flexibility index (Phi) is 2.88. The Morgan fingerprint density at radius 1 is 1.33 bits per heavy atom. The molecule has 2 aromatic heterocycles. The Morgan fingerprint density at radius 3 is 2.92 bits per heavy atom. The zero-order valence-corrected chi connectivity index (χ0v) is 12.3. The SMILES string of the molecule is Cc1n[nH]c(=O)c2c1[C@H](c1ccccc1[N+](=O)[O-])n1nnnc1N2. The van der Waals surface area contributed by atoms with E-state index in [0.717, 1.165) is 0 Å². The highest BCUT2D eigenvalue weighted by Crippen LogP contribution is 2.40. The highest BCUT2D eigenvalue weighted by Gasteiger charge is 2.36. The van der Waals surface area contributed by atoms with E-state index in [-0.39, 0.29) is 17.3 Å². The van der Waals surface area contributed by atoms with Gasteiger partial charge in [-0.2, -0.15) is 9.78 Å². The fourth-order valence-corrected chi connectivity index (χ4v) is 2.87. The molecule has 3 aromatic rings. The Balaban J connectivity index is 2.07. The third kappa shape index (κ3) is 1.87. The van der Waals surface area contributed by atoms with Crippen molar-refractivity contribution in [2.75, 3.05) is 5.32 Å². The summed E-state index contributed by atoms with van der Waals surface area (Å²) in [6, 6.07) is 5.54. The van der Waals surface area contributed by atoms with Gasteiger partial charge in [0.15, 0.2) is 0 Å². The molecule has 0 radical (unpaired) electrons. The first kappa shape index (κ1) is 14.0. The number of rotatable bonds is 2. The summed E-state index contributed by atoms with van der Waals surface area (Å²) >= 11 is 0. The van der Waals surface area contributed by atoms with Crippen LogP contribution in [-0.4, -0.2) is 35.3 Å². The van der Waals surface area contributed by atoms with Gasteiger partial charge in [0.25, 0.3) is 11.2 Å².